The van der Waals surface area contributed by atoms with Gasteiger partial charge in [-0.2, -0.15) is 0 Å². The number of halogens is 2. The Kier molecular flexibility index (Phi) is 7.53. The summed E-state index contributed by atoms with van der Waals surface area (Å²) in [5.74, 6) is -0.895. The Hall–Kier alpha value is -1.50. The Balaban J connectivity index is 1.49. The number of nitrogens with zero attached hydrogens (tertiary/aromatic N) is 2. The number of benzene rings is 1. The molecular formula is C18H25ClFN5O3S2. The van der Waals surface area contributed by atoms with Gasteiger partial charge >= 0.3 is 0 Å². The van der Waals surface area contributed by atoms with Crippen LogP contribution in [0.4, 0.5) is 15.2 Å². The van der Waals surface area contributed by atoms with Crippen molar-refractivity contribution in [1.82, 2.24) is 15.2 Å². The van der Waals surface area contributed by atoms with E-state index in [1.807, 2.05) is 7.05 Å². The maximum absolute atomic E-state index is 14.5. The van der Waals surface area contributed by atoms with Gasteiger partial charge < -0.3 is 20.6 Å². The largest absolute Gasteiger partial charge is 0.386 e. The van der Waals surface area contributed by atoms with E-state index < -0.39 is 26.3 Å². The van der Waals surface area contributed by atoms with Crippen molar-refractivity contribution in [2.24, 2.45) is 0 Å². The first-order chi connectivity index (χ1) is 14.2. The molecule has 1 aromatic carbocycles. The van der Waals surface area contributed by atoms with E-state index in [4.69, 9.17) is 11.6 Å². The van der Waals surface area contributed by atoms with Gasteiger partial charge in [-0.05, 0) is 38.6 Å². The third-order valence-corrected chi connectivity index (χ3v) is 7.20. The molecular weight excluding hydrogens is 453 g/mol. The zero-order valence-corrected chi connectivity index (χ0v) is 18.9. The summed E-state index contributed by atoms with van der Waals surface area (Å²) in [4.78, 5) is 5.39. The molecule has 4 N–H and O–H groups in total. The zero-order valence-electron chi connectivity index (χ0n) is 16.5. The maximum atomic E-state index is 14.5. The molecule has 1 aliphatic heterocycles. The summed E-state index contributed by atoms with van der Waals surface area (Å²) in [6.07, 6.45) is 3.14. The number of unbranched alkanes of at least 4 members (excludes halogenated alkanes) is 1. The van der Waals surface area contributed by atoms with Crippen LogP contribution in [0.15, 0.2) is 28.6 Å². The van der Waals surface area contributed by atoms with E-state index in [0.717, 1.165) is 42.9 Å². The number of β-amino-alcohol motifs (C(OH)–C–C–N with tert-alkyl or cyclic N) is 1. The Labute approximate surface area is 184 Å². The fraction of sp³-hybridized carbons (Fsp3) is 0.500. The lowest BCUT2D eigenvalue weighted by Gasteiger charge is -2.40. The Morgan fingerprint density at radius 2 is 2.17 bits per heavy atom. The summed E-state index contributed by atoms with van der Waals surface area (Å²) in [5.41, 5.74) is -0.292. The third kappa shape index (κ3) is 6.02. The monoisotopic (exact) mass is 477 g/mol. The number of rotatable bonds is 11. The highest BCUT2D eigenvalue weighted by Crippen LogP contribution is 2.29. The lowest BCUT2D eigenvalue weighted by Crippen LogP contribution is -2.64. The molecule has 0 saturated carbocycles. The second-order valence-corrected chi connectivity index (χ2v) is 10.4. The maximum Gasteiger partial charge on any atom is 0.266 e. The average Bonchev–Trinajstić information content (AvgIpc) is 3.14. The van der Waals surface area contributed by atoms with Crippen LogP contribution in [0.25, 0.3) is 0 Å². The summed E-state index contributed by atoms with van der Waals surface area (Å²) in [5, 5.41) is 18.1. The van der Waals surface area contributed by atoms with E-state index in [0.29, 0.717) is 31.9 Å². The van der Waals surface area contributed by atoms with Gasteiger partial charge in [0.25, 0.3) is 10.0 Å². The van der Waals surface area contributed by atoms with Crippen molar-refractivity contribution >= 4 is 43.8 Å². The van der Waals surface area contributed by atoms with Gasteiger partial charge in [-0.1, -0.05) is 11.6 Å². The molecule has 166 valence electrons. The number of likely N-dealkylation sites (N-methyl/N-ethyl adjacent to an activating group) is 1. The number of hydrogen-bond donors (Lipinski definition) is 4. The fourth-order valence-electron chi connectivity index (χ4n) is 3.15. The third-order valence-electron chi connectivity index (χ3n) is 4.72. The van der Waals surface area contributed by atoms with Gasteiger partial charge in [-0.3, -0.25) is 4.72 Å². The van der Waals surface area contributed by atoms with Crippen molar-refractivity contribution in [2.75, 3.05) is 49.8 Å². The first-order valence-corrected chi connectivity index (χ1v) is 12.2. The normalized spacial score (nSPS) is 15.8. The summed E-state index contributed by atoms with van der Waals surface area (Å²) in [7, 11) is -2.16. The predicted octanol–water partition coefficient (Wildman–Crippen LogP) is 2.19. The first-order valence-electron chi connectivity index (χ1n) is 9.45. The van der Waals surface area contributed by atoms with Crippen molar-refractivity contribution in [3.05, 3.63) is 34.5 Å². The molecule has 12 heteroatoms. The lowest BCUT2D eigenvalue weighted by molar-refractivity contribution is -0.0331. The molecule has 0 bridgehead atoms. The SMILES string of the molecule is CN(CCCCNc1cc(F)c(S(=O)(=O)Nc2nccs2)cc1Cl)CC1(O)CNC1. The Morgan fingerprint density at radius 3 is 2.80 bits per heavy atom. The van der Waals surface area contributed by atoms with Crippen LogP contribution in [0.1, 0.15) is 12.8 Å². The highest BCUT2D eigenvalue weighted by molar-refractivity contribution is 7.93. The van der Waals surface area contributed by atoms with Gasteiger partial charge in [0.1, 0.15) is 16.3 Å². The number of sulfonamides is 1. The van der Waals surface area contributed by atoms with Crippen LogP contribution in [-0.2, 0) is 10.0 Å². The molecule has 0 radical (unpaired) electrons. The Bertz CT molecular complexity index is 955. The number of thiazole rings is 1. The standard InChI is InChI=1S/C18H25ClFN5O3S2/c1-25(12-18(26)10-21-11-18)6-3-2-4-22-15-9-14(20)16(8-13(15)19)30(27,28)24-17-23-5-7-29-17/h5,7-9,21-22,26H,2-4,6,10-12H2,1H3,(H,23,24). The van der Waals surface area contributed by atoms with Gasteiger partial charge in [0, 0.05) is 37.8 Å². The van der Waals surface area contributed by atoms with Gasteiger partial charge in [-0.15, -0.1) is 11.3 Å². The molecule has 8 nitrogen and oxygen atoms in total. The van der Waals surface area contributed by atoms with Crippen LogP contribution in [0, 0.1) is 5.82 Å². The van der Waals surface area contributed by atoms with Gasteiger partial charge in [0.05, 0.1) is 10.7 Å². The first kappa shape index (κ1) is 23.2. The highest BCUT2D eigenvalue weighted by atomic mass is 35.5. The molecule has 2 aromatic rings. The lowest BCUT2D eigenvalue weighted by atomic mass is 9.97. The second-order valence-electron chi connectivity index (χ2n) is 7.40. The second kappa shape index (κ2) is 9.75. The smallest absolute Gasteiger partial charge is 0.266 e. The van der Waals surface area contributed by atoms with Crippen LogP contribution in [0.2, 0.25) is 5.02 Å². The number of anilines is 2. The van der Waals surface area contributed by atoms with Crippen LogP contribution >= 0.6 is 22.9 Å². The average molecular weight is 478 g/mol. The molecule has 0 spiro atoms. The molecule has 0 amide bonds. The molecule has 30 heavy (non-hydrogen) atoms. The van der Waals surface area contributed by atoms with Crippen molar-refractivity contribution in [1.29, 1.82) is 0 Å². The van der Waals surface area contributed by atoms with E-state index in [1.165, 1.54) is 6.20 Å². The van der Waals surface area contributed by atoms with Gasteiger partial charge in [-0.25, -0.2) is 17.8 Å². The quantitative estimate of drug-likeness (QED) is 0.367. The van der Waals surface area contributed by atoms with Crippen LogP contribution in [0.3, 0.4) is 0 Å². The minimum Gasteiger partial charge on any atom is -0.386 e. The summed E-state index contributed by atoms with van der Waals surface area (Å²) in [6.45, 7) is 3.24. The predicted molar refractivity (Wildman–Crippen MR) is 117 cm³/mol. The van der Waals surface area contributed by atoms with Crippen LogP contribution < -0.4 is 15.4 Å². The summed E-state index contributed by atoms with van der Waals surface area (Å²) >= 11 is 7.26. The number of hydrogen-bond acceptors (Lipinski definition) is 8. The van der Waals surface area contributed by atoms with Crippen molar-refractivity contribution in [3.63, 3.8) is 0 Å². The molecule has 0 atom stereocenters. The van der Waals surface area contributed by atoms with Crippen LogP contribution in [0.5, 0.6) is 0 Å². The molecule has 2 heterocycles. The van der Waals surface area contributed by atoms with Crippen molar-refractivity contribution < 1.29 is 17.9 Å². The van der Waals surface area contributed by atoms with E-state index in [2.05, 4.69) is 25.2 Å². The topological polar surface area (TPSA) is 107 Å². The summed E-state index contributed by atoms with van der Waals surface area (Å²) < 4.78 is 41.5. The molecule has 0 unspecified atom stereocenters. The molecule has 1 saturated heterocycles. The van der Waals surface area contributed by atoms with E-state index >= 15 is 0 Å². The van der Waals surface area contributed by atoms with E-state index in [-0.39, 0.29) is 10.2 Å². The van der Waals surface area contributed by atoms with E-state index in [9.17, 15) is 17.9 Å². The zero-order chi connectivity index (χ0) is 21.8. The number of aliphatic hydroxyl groups is 1. The van der Waals surface area contributed by atoms with Gasteiger partial charge in [0.15, 0.2) is 5.13 Å². The van der Waals surface area contributed by atoms with Gasteiger partial charge in [0.2, 0.25) is 0 Å². The molecule has 3 rings (SSSR count). The van der Waals surface area contributed by atoms with Crippen molar-refractivity contribution in [3.8, 4) is 0 Å². The Morgan fingerprint density at radius 1 is 1.40 bits per heavy atom. The summed E-state index contributed by atoms with van der Waals surface area (Å²) in [6, 6.07) is 2.18. The molecule has 1 aromatic heterocycles. The minimum absolute atomic E-state index is 0.118. The highest BCUT2D eigenvalue weighted by Gasteiger charge is 2.34. The fourth-order valence-corrected chi connectivity index (χ4v) is 5.32. The molecule has 0 aliphatic carbocycles. The van der Waals surface area contributed by atoms with E-state index in [1.54, 1.807) is 5.38 Å². The minimum atomic E-state index is -4.12. The molecule has 1 fully saturated rings. The van der Waals surface area contributed by atoms with Crippen LogP contribution in [-0.4, -0.2) is 68.8 Å². The number of nitrogens with one attached hydrogen (secondary N) is 3. The molecule has 1 aliphatic rings. The van der Waals surface area contributed by atoms with Crippen molar-refractivity contribution in [2.45, 2.75) is 23.3 Å². The number of aromatic nitrogens is 1.